The van der Waals surface area contributed by atoms with Crippen LogP contribution in [0.5, 0.6) is 0 Å². The maximum atomic E-state index is 6.52. The zero-order valence-corrected chi connectivity index (χ0v) is 74.5. The van der Waals surface area contributed by atoms with Crippen LogP contribution in [0.2, 0.25) is 0 Å². The maximum absolute atomic E-state index is 6.52. The highest BCUT2D eigenvalue weighted by Gasteiger charge is 2.26. The summed E-state index contributed by atoms with van der Waals surface area (Å²) in [6, 6.07) is 184. The Hall–Kier alpha value is -17.3. The molecule has 24 aromatic carbocycles. The summed E-state index contributed by atoms with van der Waals surface area (Å²) < 4.78 is 15.6. The molecule has 630 valence electrons. The molecule has 27 aromatic rings. The molecule has 0 saturated carbocycles. The Morgan fingerprint density at radius 2 is 0.378 bits per heavy atom. The van der Waals surface area contributed by atoms with E-state index in [0.29, 0.717) is 0 Å². The Balaban J connectivity index is 0.000000108. The van der Waals surface area contributed by atoms with Gasteiger partial charge in [-0.2, -0.15) is 0 Å². The van der Waals surface area contributed by atoms with Crippen molar-refractivity contribution in [2.75, 3.05) is 0 Å². The van der Waals surface area contributed by atoms with E-state index >= 15 is 0 Å². The molecule has 0 spiro atoms. The molecule has 3 heteroatoms. The highest BCUT2D eigenvalue weighted by atomic mass is 32.1. The number of hydrogen-bond donors (Lipinski definition) is 0. The summed E-state index contributed by atoms with van der Waals surface area (Å²) in [6.07, 6.45) is 0. The van der Waals surface area contributed by atoms with Crippen molar-refractivity contribution < 1.29 is 8.83 Å². The van der Waals surface area contributed by atoms with Crippen LogP contribution in [0, 0.1) is 0 Å². The van der Waals surface area contributed by atoms with E-state index in [1.54, 1.807) is 0 Å². The van der Waals surface area contributed by atoms with E-state index in [-0.39, 0.29) is 0 Å². The Labute approximate surface area is 786 Å². The smallest absolute Gasteiger partial charge is 0.143 e. The largest absolute Gasteiger partial charge is 0.455 e. The van der Waals surface area contributed by atoms with Crippen LogP contribution in [0.15, 0.2) is 518 Å². The summed E-state index contributed by atoms with van der Waals surface area (Å²) in [5.74, 6) is 0. The van der Waals surface area contributed by atoms with E-state index in [4.69, 9.17) is 8.83 Å². The fourth-order valence-electron chi connectivity index (χ4n) is 21.3. The van der Waals surface area contributed by atoms with Gasteiger partial charge < -0.3 is 8.83 Å². The lowest BCUT2D eigenvalue weighted by Crippen LogP contribution is -1.94. The Bertz CT molecular complexity index is 9110. The Kier molecular flexibility index (Phi) is 20.2. The highest BCUT2D eigenvalue weighted by molar-refractivity contribution is 7.26. The lowest BCUT2D eigenvalue weighted by atomic mass is 9.82. The summed E-state index contributed by atoms with van der Waals surface area (Å²) in [7, 11) is 0. The quantitative estimate of drug-likeness (QED) is 0.114. The molecule has 0 radical (unpaired) electrons. The predicted octanol–water partition coefficient (Wildman–Crippen LogP) is 38.1. The molecule has 0 N–H and O–H groups in total. The van der Waals surface area contributed by atoms with E-state index in [1.165, 1.54) is 196 Å². The van der Waals surface area contributed by atoms with Crippen molar-refractivity contribution in [1.29, 1.82) is 0 Å². The average Bonchev–Trinajstić information content (AvgIpc) is 1.68. The Morgan fingerprint density at radius 3 is 0.807 bits per heavy atom. The average molecular weight is 1730 g/mol. The minimum absolute atomic E-state index is 0.913. The predicted molar refractivity (Wildman–Crippen MR) is 577 cm³/mol. The standard InChI is InChI=1S/2C44H28O.C44H28S/c1-2-12-29(13-3-1)30-24-26-31(27-25-30)42-36-17-4-6-19-38(36)43(39-20-7-5-18-37(39)42)33-15-10-14-32(28-33)34-21-11-22-40-35-16-8-9-23-41(35)45-44(34)40;1-2-13-29(14-3-1)30-25-27-31(28-26-30)42-35-18-6-8-20-37(35)43(38-21-9-7-19-36(38)42)34-17-5-4-15-32(34)39-22-12-23-40-33-16-10-11-24-41(33)45-44(39)40;1-2-15-29(16-3-1)30-17-4-6-20-33(30)42-35-22-8-10-24-37(35)43(38-25-11-9-23-36(38)42)34-21-7-5-18-31(34)39-26-14-27-40-32-19-12-13-28-41(32)45-44(39)40/h3*1-28H. The maximum Gasteiger partial charge on any atom is 0.143 e. The van der Waals surface area contributed by atoms with Crippen molar-refractivity contribution in [3.63, 3.8) is 0 Å². The van der Waals surface area contributed by atoms with Crippen LogP contribution in [0.4, 0.5) is 0 Å². The first-order chi connectivity index (χ1) is 67.0. The molecular formula is C132H84O2S. The van der Waals surface area contributed by atoms with Crippen LogP contribution in [0.3, 0.4) is 0 Å². The van der Waals surface area contributed by atoms with E-state index in [1.807, 2.05) is 29.5 Å². The lowest BCUT2D eigenvalue weighted by Gasteiger charge is -2.21. The zero-order chi connectivity index (χ0) is 89.2. The van der Waals surface area contributed by atoms with Gasteiger partial charge in [-0.15, -0.1) is 11.3 Å². The number of thiophene rings is 1. The SMILES string of the molecule is c1ccc(-c2ccc(-c3c4ccccc4c(-c4cccc(-c5cccc6c5oc5ccccc56)c4)c4ccccc34)cc2)cc1.c1ccc(-c2ccc(-c3c4ccccc4c(-c4ccccc4-c4cccc5c4oc4ccccc45)c4ccccc34)cc2)cc1.c1ccc(-c2ccccc2-c2c3ccccc3c(-c3ccccc3-c3cccc4c3sc3ccccc34)c3ccccc23)cc1. The number of fused-ring (bicyclic) bond motifs is 15. The molecule has 0 unspecified atom stereocenters. The minimum Gasteiger partial charge on any atom is -0.455 e. The number of rotatable bonds is 12. The first-order valence-electron chi connectivity index (χ1n) is 46.3. The van der Waals surface area contributed by atoms with Crippen LogP contribution in [-0.2, 0) is 0 Å². The van der Waals surface area contributed by atoms with Gasteiger partial charge in [-0.05, 0) is 206 Å². The summed E-state index contributed by atoms with van der Waals surface area (Å²) in [6.45, 7) is 0. The van der Waals surface area contributed by atoms with Crippen LogP contribution < -0.4 is 0 Å². The molecule has 27 rings (SSSR count). The number of hydrogen-bond acceptors (Lipinski definition) is 3. The summed E-state index contributed by atoms with van der Waals surface area (Å²) in [5.41, 5.74) is 33.1. The molecule has 0 bridgehead atoms. The normalized spacial score (nSPS) is 11.6. The summed E-state index contributed by atoms with van der Waals surface area (Å²) in [5, 5.41) is 22.3. The van der Waals surface area contributed by atoms with Crippen molar-refractivity contribution in [2.45, 2.75) is 0 Å². The van der Waals surface area contributed by atoms with E-state index in [9.17, 15) is 0 Å². The van der Waals surface area contributed by atoms with Gasteiger partial charge in [0.25, 0.3) is 0 Å². The molecular weight excluding hydrogens is 1650 g/mol. The molecule has 3 aromatic heterocycles. The highest BCUT2D eigenvalue weighted by Crippen LogP contribution is 2.54. The van der Waals surface area contributed by atoms with Gasteiger partial charge in [0.05, 0.1) is 0 Å². The first kappa shape index (κ1) is 79.8. The van der Waals surface area contributed by atoms with Crippen LogP contribution >= 0.6 is 11.3 Å². The van der Waals surface area contributed by atoms with E-state index in [2.05, 4.69) is 491 Å². The van der Waals surface area contributed by atoms with Crippen molar-refractivity contribution in [2.24, 2.45) is 0 Å². The second-order valence-corrected chi connectivity index (χ2v) is 35.9. The van der Waals surface area contributed by atoms with Crippen molar-refractivity contribution in [3.8, 4) is 134 Å². The third-order valence-corrected chi connectivity index (χ3v) is 28.5. The van der Waals surface area contributed by atoms with Gasteiger partial charge in [-0.3, -0.25) is 0 Å². The number of furan rings is 2. The van der Waals surface area contributed by atoms with Crippen molar-refractivity contribution >= 4 is 140 Å². The van der Waals surface area contributed by atoms with Crippen LogP contribution in [0.25, 0.3) is 262 Å². The summed E-state index contributed by atoms with van der Waals surface area (Å²) in [4.78, 5) is 0. The van der Waals surface area contributed by atoms with Gasteiger partial charge in [0.2, 0.25) is 0 Å². The van der Waals surface area contributed by atoms with Gasteiger partial charge in [0, 0.05) is 58.4 Å². The van der Waals surface area contributed by atoms with Gasteiger partial charge in [0.1, 0.15) is 22.3 Å². The van der Waals surface area contributed by atoms with Crippen LogP contribution in [0.1, 0.15) is 0 Å². The topological polar surface area (TPSA) is 26.3 Å². The number of benzene rings is 24. The third kappa shape index (κ3) is 14.0. The lowest BCUT2D eigenvalue weighted by molar-refractivity contribution is 0.669. The van der Waals surface area contributed by atoms with Gasteiger partial charge in [0.15, 0.2) is 0 Å². The van der Waals surface area contributed by atoms with Crippen LogP contribution in [-0.4, -0.2) is 0 Å². The van der Waals surface area contributed by atoms with Gasteiger partial charge in [-0.25, -0.2) is 0 Å². The minimum atomic E-state index is 0.913. The van der Waals surface area contributed by atoms with Crippen molar-refractivity contribution in [1.82, 2.24) is 0 Å². The fraction of sp³-hybridized carbons (Fsp3) is 0. The van der Waals surface area contributed by atoms with Gasteiger partial charge in [-0.1, -0.05) is 485 Å². The fourth-order valence-corrected chi connectivity index (χ4v) is 22.5. The second kappa shape index (κ2) is 34.2. The Morgan fingerprint density at radius 1 is 0.126 bits per heavy atom. The molecule has 0 aliphatic carbocycles. The first-order valence-corrected chi connectivity index (χ1v) is 47.1. The third-order valence-electron chi connectivity index (χ3n) is 27.3. The van der Waals surface area contributed by atoms with E-state index in [0.717, 1.165) is 66.1 Å². The molecule has 3 heterocycles. The molecule has 2 nitrogen and oxygen atoms in total. The molecule has 0 saturated heterocycles. The monoisotopic (exact) mass is 1730 g/mol. The molecule has 0 fully saturated rings. The molecule has 0 atom stereocenters. The zero-order valence-electron chi connectivity index (χ0n) is 73.7. The second-order valence-electron chi connectivity index (χ2n) is 34.8. The number of para-hydroxylation sites is 4. The van der Waals surface area contributed by atoms with E-state index < -0.39 is 0 Å². The van der Waals surface area contributed by atoms with Gasteiger partial charge >= 0.3 is 0 Å². The molecule has 0 amide bonds. The van der Waals surface area contributed by atoms with Crippen molar-refractivity contribution in [3.05, 3.63) is 510 Å². The molecule has 0 aliphatic heterocycles. The summed E-state index contributed by atoms with van der Waals surface area (Å²) >= 11 is 1.89. The molecule has 135 heavy (non-hydrogen) atoms. The molecule has 0 aliphatic rings.